The Morgan fingerprint density at radius 2 is 2.00 bits per heavy atom. The standard InChI is InChI=1S/C20H23BrFN7O7S/c1-19(2,3)34-17(30)27-37(32,33)28-20(6-7-20)8-9-23-15-14(24-36-25-15)16-26-35-18(31)29(16)11-4-5-13(22)12(21)10-11/h4-5,10,28H,6-9H2,1-3H3,(H,23,25)(H,27,30). The summed E-state index contributed by atoms with van der Waals surface area (Å²) in [5.41, 5.74) is -1.32. The second-order valence-electron chi connectivity index (χ2n) is 9.33. The lowest BCUT2D eigenvalue weighted by Gasteiger charge is -2.21. The minimum Gasteiger partial charge on any atom is -0.443 e. The van der Waals surface area contributed by atoms with Gasteiger partial charge in [-0.2, -0.15) is 13.1 Å². The Bertz CT molecular complexity index is 1470. The zero-order chi connectivity index (χ0) is 27.0. The van der Waals surface area contributed by atoms with Crippen molar-refractivity contribution >= 4 is 38.1 Å². The molecule has 0 radical (unpaired) electrons. The van der Waals surface area contributed by atoms with E-state index in [0.29, 0.717) is 19.3 Å². The number of rotatable bonds is 9. The van der Waals surface area contributed by atoms with E-state index < -0.39 is 39.0 Å². The smallest absolute Gasteiger partial charge is 0.443 e. The maximum atomic E-state index is 13.7. The van der Waals surface area contributed by atoms with Gasteiger partial charge in [-0.15, -0.1) is 0 Å². The SMILES string of the molecule is CC(C)(C)OC(=O)NS(=O)(=O)NC1(CCNc2nonc2-c2noc(=O)n2-c2ccc(F)c(Br)c2)CC1. The van der Waals surface area contributed by atoms with E-state index in [1.807, 2.05) is 4.72 Å². The third-order valence-electron chi connectivity index (χ3n) is 5.18. The topological polar surface area (TPSA) is 183 Å². The van der Waals surface area contributed by atoms with E-state index >= 15 is 0 Å². The van der Waals surface area contributed by atoms with Gasteiger partial charge in [0.15, 0.2) is 5.69 Å². The van der Waals surface area contributed by atoms with Crippen LogP contribution in [0.3, 0.4) is 0 Å². The lowest BCUT2D eigenvalue weighted by Crippen LogP contribution is -2.48. The number of carbonyl (C=O) groups is 1. The van der Waals surface area contributed by atoms with Crippen LogP contribution in [0.4, 0.5) is 15.0 Å². The molecule has 4 rings (SSSR count). The largest absolute Gasteiger partial charge is 0.446 e. The summed E-state index contributed by atoms with van der Waals surface area (Å²) in [6.07, 6.45) is 0.344. The summed E-state index contributed by atoms with van der Waals surface area (Å²) in [5, 5.41) is 14.3. The molecule has 0 bridgehead atoms. The van der Waals surface area contributed by atoms with Gasteiger partial charge in [-0.05, 0) is 84.5 Å². The number of hydrogen-bond donors (Lipinski definition) is 3. The molecule has 1 aromatic carbocycles. The second kappa shape index (κ2) is 9.86. The van der Waals surface area contributed by atoms with Crippen LogP contribution in [-0.4, -0.2) is 52.2 Å². The van der Waals surface area contributed by atoms with Gasteiger partial charge in [0.2, 0.25) is 11.6 Å². The summed E-state index contributed by atoms with van der Waals surface area (Å²) in [6, 6.07) is 3.89. The number of aromatic nitrogens is 4. The van der Waals surface area contributed by atoms with Gasteiger partial charge in [0.1, 0.15) is 11.4 Å². The highest BCUT2D eigenvalue weighted by Crippen LogP contribution is 2.39. The molecule has 3 N–H and O–H groups in total. The van der Waals surface area contributed by atoms with Crippen LogP contribution < -0.4 is 20.5 Å². The lowest BCUT2D eigenvalue weighted by molar-refractivity contribution is 0.0569. The number of nitrogens with zero attached hydrogens (tertiary/aromatic N) is 4. The van der Waals surface area contributed by atoms with Crippen LogP contribution in [0.2, 0.25) is 0 Å². The minimum atomic E-state index is -4.16. The van der Waals surface area contributed by atoms with E-state index in [0.717, 1.165) is 10.6 Å². The van der Waals surface area contributed by atoms with Crippen molar-refractivity contribution in [1.29, 1.82) is 0 Å². The number of halogens is 2. The molecule has 17 heteroatoms. The van der Waals surface area contributed by atoms with E-state index in [-0.39, 0.29) is 34.0 Å². The molecule has 37 heavy (non-hydrogen) atoms. The fourth-order valence-corrected chi connectivity index (χ4v) is 4.95. The number of nitrogens with one attached hydrogen (secondary N) is 3. The molecule has 0 saturated heterocycles. The Kier molecular flexibility index (Phi) is 7.13. The molecule has 1 aliphatic carbocycles. The normalized spacial score (nSPS) is 14.8. The molecule has 1 fully saturated rings. The molecule has 3 aromatic rings. The van der Waals surface area contributed by atoms with Crippen LogP contribution in [0.5, 0.6) is 0 Å². The Balaban J connectivity index is 1.42. The van der Waals surface area contributed by atoms with Gasteiger partial charge >= 0.3 is 22.1 Å². The van der Waals surface area contributed by atoms with Gasteiger partial charge in [-0.1, -0.05) is 5.16 Å². The number of ether oxygens (including phenoxy) is 1. The van der Waals surface area contributed by atoms with Crippen LogP contribution in [0.15, 0.2) is 36.6 Å². The van der Waals surface area contributed by atoms with Crippen LogP contribution in [0, 0.1) is 5.82 Å². The lowest BCUT2D eigenvalue weighted by atomic mass is 10.2. The van der Waals surface area contributed by atoms with Crippen molar-refractivity contribution in [3.63, 3.8) is 0 Å². The summed E-state index contributed by atoms with van der Waals surface area (Å²) < 4.78 is 58.5. The Morgan fingerprint density at radius 1 is 1.27 bits per heavy atom. The molecule has 0 unspecified atom stereocenters. The van der Waals surface area contributed by atoms with Gasteiger partial charge < -0.3 is 10.1 Å². The molecule has 0 atom stereocenters. The highest BCUT2D eigenvalue weighted by atomic mass is 79.9. The molecule has 2 aromatic heterocycles. The first-order valence-corrected chi connectivity index (χ1v) is 13.2. The van der Waals surface area contributed by atoms with Crippen LogP contribution in [-0.2, 0) is 14.9 Å². The molecule has 1 saturated carbocycles. The quantitative estimate of drug-likeness (QED) is 0.326. The highest BCUT2D eigenvalue weighted by molar-refractivity contribution is 9.10. The maximum Gasteiger partial charge on any atom is 0.446 e. The van der Waals surface area contributed by atoms with Gasteiger partial charge in [0.25, 0.3) is 0 Å². The van der Waals surface area contributed by atoms with E-state index in [9.17, 15) is 22.4 Å². The minimum absolute atomic E-state index is 0.0447. The third kappa shape index (κ3) is 6.53. The average molecular weight is 604 g/mol. The summed E-state index contributed by atoms with van der Waals surface area (Å²) in [5.74, 6) is -1.29. The summed E-state index contributed by atoms with van der Waals surface area (Å²) in [6.45, 7) is 5.07. The molecule has 0 aliphatic heterocycles. The van der Waals surface area contributed by atoms with Crippen LogP contribution >= 0.6 is 15.9 Å². The maximum absolute atomic E-state index is 13.7. The van der Waals surface area contributed by atoms with E-state index in [2.05, 4.69) is 41.4 Å². The second-order valence-corrected chi connectivity index (χ2v) is 11.6. The number of amides is 1. The Morgan fingerprint density at radius 3 is 2.65 bits per heavy atom. The predicted molar refractivity (Wildman–Crippen MR) is 130 cm³/mol. The summed E-state index contributed by atoms with van der Waals surface area (Å²) >= 11 is 3.07. The molecule has 1 aliphatic rings. The van der Waals surface area contributed by atoms with Crippen molar-refractivity contribution < 1.29 is 31.5 Å². The van der Waals surface area contributed by atoms with E-state index in [1.165, 1.54) is 12.1 Å². The van der Waals surface area contributed by atoms with Crippen molar-refractivity contribution in [1.82, 2.24) is 29.5 Å². The summed E-state index contributed by atoms with van der Waals surface area (Å²) in [4.78, 5) is 24.1. The molecular formula is C20H23BrFN7O7S. The molecule has 14 nitrogen and oxygen atoms in total. The summed E-state index contributed by atoms with van der Waals surface area (Å²) in [7, 11) is -4.16. The zero-order valence-electron chi connectivity index (χ0n) is 19.9. The van der Waals surface area contributed by atoms with Gasteiger partial charge in [-0.3, -0.25) is 4.52 Å². The molecular weight excluding hydrogens is 581 g/mol. The third-order valence-corrected chi connectivity index (χ3v) is 6.93. The Labute approximate surface area is 218 Å². The predicted octanol–water partition coefficient (Wildman–Crippen LogP) is 2.47. The van der Waals surface area contributed by atoms with Gasteiger partial charge in [0.05, 0.1) is 10.2 Å². The van der Waals surface area contributed by atoms with Gasteiger partial charge in [-0.25, -0.2) is 27.9 Å². The number of anilines is 1. The molecule has 1 amide bonds. The zero-order valence-corrected chi connectivity index (χ0v) is 22.3. The number of carbonyl (C=O) groups excluding carboxylic acids is 1. The number of hydrogen-bond acceptors (Lipinski definition) is 11. The van der Waals surface area contributed by atoms with Crippen LogP contribution in [0.25, 0.3) is 17.2 Å². The number of benzene rings is 1. The van der Waals surface area contributed by atoms with E-state index in [4.69, 9.17) is 13.9 Å². The van der Waals surface area contributed by atoms with Crippen molar-refractivity contribution in [3.8, 4) is 17.2 Å². The fourth-order valence-electron chi connectivity index (χ4n) is 3.40. The molecule has 200 valence electrons. The van der Waals surface area contributed by atoms with Crippen molar-refractivity contribution in [2.45, 2.75) is 51.2 Å². The first kappa shape index (κ1) is 26.7. The van der Waals surface area contributed by atoms with E-state index in [1.54, 1.807) is 20.8 Å². The monoisotopic (exact) mass is 603 g/mol. The van der Waals surface area contributed by atoms with Crippen molar-refractivity contribution in [2.24, 2.45) is 0 Å². The first-order valence-electron chi connectivity index (χ1n) is 10.9. The molecule has 2 heterocycles. The van der Waals surface area contributed by atoms with Crippen molar-refractivity contribution in [2.75, 3.05) is 11.9 Å². The average Bonchev–Trinajstić information content (AvgIpc) is 3.17. The fraction of sp³-hybridized carbons (Fsp3) is 0.450. The first-order chi connectivity index (χ1) is 17.3. The highest BCUT2D eigenvalue weighted by Gasteiger charge is 2.46. The van der Waals surface area contributed by atoms with Crippen molar-refractivity contribution in [3.05, 3.63) is 39.0 Å². The van der Waals surface area contributed by atoms with Gasteiger partial charge in [0, 0.05) is 12.1 Å². The van der Waals surface area contributed by atoms with Crippen LogP contribution in [0.1, 0.15) is 40.0 Å². The Hall–Kier alpha value is -3.31. The molecule has 0 spiro atoms.